The molecule has 0 aliphatic carbocycles. The van der Waals surface area contributed by atoms with Gasteiger partial charge in [0.15, 0.2) is 5.76 Å². The first-order chi connectivity index (χ1) is 10.1. The third kappa shape index (κ3) is 2.76. The fraction of sp³-hybridized carbons (Fsp3) is 0.125. The van der Waals surface area contributed by atoms with Crippen LogP contribution in [0.3, 0.4) is 0 Å². The van der Waals surface area contributed by atoms with Crippen molar-refractivity contribution in [1.82, 2.24) is 10.3 Å². The van der Waals surface area contributed by atoms with Gasteiger partial charge >= 0.3 is 0 Å². The Hall–Kier alpha value is -2.33. The van der Waals surface area contributed by atoms with E-state index in [0.29, 0.717) is 22.9 Å². The second-order valence-electron chi connectivity index (χ2n) is 4.70. The van der Waals surface area contributed by atoms with E-state index in [1.165, 1.54) is 0 Å². The van der Waals surface area contributed by atoms with Gasteiger partial charge in [0, 0.05) is 22.2 Å². The van der Waals surface area contributed by atoms with Crippen molar-refractivity contribution in [2.24, 2.45) is 0 Å². The predicted octanol–water partition coefficient (Wildman–Crippen LogP) is 3.72. The molecule has 2 aromatic heterocycles. The van der Waals surface area contributed by atoms with E-state index in [9.17, 15) is 4.79 Å². The first-order valence-corrected chi connectivity index (χ1v) is 6.89. The van der Waals surface area contributed by atoms with Gasteiger partial charge in [0.05, 0.1) is 12.2 Å². The maximum atomic E-state index is 12.2. The van der Waals surface area contributed by atoms with Crippen molar-refractivity contribution >= 4 is 28.5 Å². The molecule has 0 saturated heterocycles. The average molecular weight is 301 g/mol. The van der Waals surface area contributed by atoms with Crippen LogP contribution in [0.4, 0.5) is 0 Å². The van der Waals surface area contributed by atoms with Gasteiger partial charge in [0.2, 0.25) is 0 Å². The van der Waals surface area contributed by atoms with Gasteiger partial charge in [-0.1, -0.05) is 17.7 Å². The standard InChI is InChI=1S/C16H13ClN2O2/c1-10-13-8-11(17)5-6-14(13)21-15(10)16(20)19-9-12-4-2-3-7-18-12/h2-8H,9H2,1H3,(H,19,20). The third-order valence-corrected chi connectivity index (χ3v) is 3.50. The molecule has 0 spiro atoms. The van der Waals surface area contributed by atoms with E-state index in [-0.39, 0.29) is 5.91 Å². The number of rotatable bonds is 3. The minimum absolute atomic E-state index is 0.259. The Morgan fingerprint density at radius 3 is 2.95 bits per heavy atom. The first kappa shape index (κ1) is 13.6. The number of hydrogen-bond acceptors (Lipinski definition) is 3. The lowest BCUT2D eigenvalue weighted by atomic mass is 10.1. The molecule has 0 radical (unpaired) electrons. The van der Waals surface area contributed by atoms with Crippen LogP contribution in [-0.2, 0) is 6.54 Å². The number of carbonyl (C=O) groups is 1. The molecule has 3 aromatic rings. The minimum atomic E-state index is -0.259. The molecule has 3 rings (SSSR count). The summed E-state index contributed by atoms with van der Waals surface area (Å²) >= 11 is 5.97. The fourth-order valence-electron chi connectivity index (χ4n) is 2.16. The maximum Gasteiger partial charge on any atom is 0.287 e. The summed E-state index contributed by atoms with van der Waals surface area (Å²) in [4.78, 5) is 16.4. The molecule has 0 atom stereocenters. The molecule has 0 aliphatic rings. The van der Waals surface area contributed by atoms with Crippen molar-refractivity contribution in [2.45, 2.75) is 13.5 Å². The number of nitrogens with one attached hydrogen (secondary N) is 1. The van der Waals surface area contributed by atoms with E-state index < -0.39 is 0 Å². The maximum absolute atomic E-state index is 12.2. The highest BCUT2D eigenvalue weighted by molar-refractivity contribution is 6.31. The third-order valence-electron chi connectivity index (χ3n) is 3.26. The summed E-state index contributed by atoms with van der Waals surface area (Å²) in [5.74, 6) is 0.0497. The fourth-order valence-corrected chi connectivity index (χ4v) is 2.34. The molecule has 0 aliphatic heterocycles. The summed E-state index contributed by atoms with van der Waals surface area (Å²) in [5.41, 5.74) is 2.23. The van der Waals surface area contributed by atoms with E-state index in [1.807, 2.05) is 25.1 Å². The number of hydrogen-bond donors (Lipinski definition) is 1. The summed E-state index contributed by atoms with van der Waals surface area (Å²) in [6, 6.07) is 10.9. The monoisotopic (exact) mass is 300 g/mol. The van der Waals surface area contributed by atoms with Crippen LogP contribution in [0, 0.1) is 6.92 Å². The van der Waals surface area contributed by atoms with E-state index in [2.05, 4.69) is 10.3 Å². The number of nitrogens with zero attached hydrogens (tertiary/aromatic N) is 1. The largest absolute Gasteiger partial charge is 0.451 e. The van der Waals surface area contributed by atoms with Crippen LogP contribution in [0.5, 0.6) is 0 Å². The van der Waals surface area contributed by atoms with Crippen molar-refractivity contribution in [2.75, 3.05) is 0 Å². The van der Waals surface area contributed by atoms with Gasteiger partial charge < -0.3 is 9.73 Å². The molecule has 5 heteroatoms. The Morgan fingerprint density at radius 1 is 1.33 bits per heavy atom. The lowest BCUT2D eigenvalue weighted by molar-refractivity contribution is 0.0924. The van der Waals surface area contributed by atoms with Crippen LogP contribution in [0.15, 0.2) is 47.0 Å². The number of fused-ring (bicyclic) bond motifs is 1. The first-order valence-electron chi connectivity index (χ1n) is 6.52. The molecule has 1 aromatic carbocycles. The van der Waals surface area contributed by atoms with Crippen LogP contribution < -0.4 is 5.32 Å². The zero-order valence-corrected chi connectivity index (χ0v) is 12.1. The summed E-state index contributed by atoms with van der Waals surface area (Å²) in [6.45, 7) is 2.20. The summed E-state index contributed by atoms with van der Waals surface area (Å²) in [7, 11) is 0. The smallest absolute Gasteiger partial charge is 0.287 e. The highest BCUT2D eigenvalue weighted by Gasteiger charge is 2.17. The van der Waals surface area contributed by atoms with Crippen molar-refractivity contribution in [3.63, 3.8) is 0 Å². The SMILES string of the molecule is Cc1c(C(=O)NCc2ccccn2)oc2ccc(Cl)cc12. The molecule has 21 heavy (non-hydrogen) atoms. The Morgan fingerprint density at radius 2 is 2.19 bits per heavy atom. The lowest BCUT2D eigenvalue weighted by Gasteiger charge is -2.03. The Kier molecular flexibility index (Phi) is 3.62. The van der Waals surface area contributed by atoms with Crippen molar-refractivity contribution in [1.29, 1.82) is 0 Å². The number of halogens is 1. The molecular weight excluding hydrogens is 288 g/mol. The number of benzene rings is 1. The Bertz CT molecular complexity index is 797. The van der Waals surface area contributed by atoms with Gasteiger partial charge in [-0.2, -0.15) is 0 Å². The van der Waals surface area contributed by atoms with Crippen LogP contribution in [0.2, 0.25) is 5.02 Å². The number of amides is 1. The molecule has 0 fully saturated rings. The summed E-state index contributed by atoms with van der Waals surface area (Å²) in [5, 5.41) is 4.27. The van der Waals surface area contributed by atoms with Gasteiger partial charge in [-0.25, -0.2) is 0 Å². The average Bonchev–Trinajstić information content (AvgIpc) is 2.83. The second-order valence-corrected chi connectivity index (χ2v) is 5.14. The van der Waals surface area contributed by atoms with Crippen LogP contribution >= 0.6 is 11.6 Å². The summed E-state index contributed by atoms with van der Waals surface area (Å²) in [6.07, 6.45) is 1.69. The van der Waals surface area contributed by atoms with E-state index in [4.69, 9.17) is 16.0 Å². The number of pyridine rings is 1. The normalized spacial score (nSPS) is 10.8. The van der Waals surface area contributed by atoms with Crippen molar-refractivity contribution in [3.8, 4) is 0 Å². The van der Waals surface area contributed by atoms with Gasteiger partial charge in [-0.3, -0.25) is 9.78 Å². The van der Waals surface area contributed by atoms with Crippen molar-refractivity contribution in [3.05, 3.63) is 64.6 Å². The Labute approximate surface area is 126 Å². The Balaban J connectivity index is 1.83. The molecule has 0 saturated carbocycles. The van der Waals surface area contributed by atoms with Crippen LogP contribution in [-0.4, -0.2) is 10.9 Å². The molecule has 0 bridgehead atoms. The molecule has 0 unspecified atom stereocenters. The summed E-state index contributed by atoms with van der Waals surface area (Å²) < 4.78 is 5.61. The van der Waals surface area contributed by atoms with Crippen molar-refractivity contribution < 1.29 is 9.21 Å². The zero-order chi connectivity index (χ0) is 14.8. The molecular formula is C16H13ClN2O2. The lowest BCUT2D eigenvalue weighted by Crippen LogP contribution is -2.23. The minimum Gasteiger partial charge on any atom is -0.451 e. The quantitative estimate of drug-likeness (QED) is 0.802. The molecule has 1 N–H and O–H groups in total. The predicted molar refractivity (Wildman–Crippen MR) is 81.4 cm³/mol. The highest BCUT2D eigenvalue weighted by Crippen LogP contribution is 2.27. The number of aryl methyl sites for hydroxylation is 1. The van der Waals surface area contributed by atoms with E-state index in [0.717, 1.165) is 16.6 Å². The molecule has 106 valence electrons. The topological polar surface area (TPSA) is 55.1 Å². The zero-order valence-electron chi connectivity index (χ0n) is 11.4. The number of carbonyl (C=O) groups excluding carboxylic acids is 1. The molecule has 2 heterocycles. The van der Waals surface area contributed by atoms with E-state index in [1.54, 1.807) is 24.4 Å². The second kappa shape index (κ2) is 5.58. The van der Waals surface area contributed by atoms with Gasteiger partial charge in [-0.15, -0.1) is 0 Å². The van der Waals surface area contributed by atoms with Gasteiger partial charge in [0.1, 0.15) is 5.58 Å². The highest BCUT2D eigenvalue weighted by atomic mass is 35.5. The van der Waals surface area contributed by atoms with Crippen LogP contribution in [0.1, 0.15) is 21.8 Å². The van der Waals surface area contributed by atoms with Gasteiger partial charge in [-0.05, 0) is 37.3 Å². The van der Waals surface area contributed by atoms with E-state index >= 15 is 0 Å². The number of furan rings is 1. The molecule has 1 amide bonds. The number of aromatic nitrogens is 1. The van der Waals surface area contributed by atoms with Gasteiger partial charge in [0.25, 0.3) is 5.91 Å². The van der Waals surface area contributed by atoms with Crippen LogP contribution in [0.25, 0.3) is 11.0 Å². The molecule has 4 nitrogen and oxygen atoms in total.